The molecule has 0 fully saturated rings. The maximum absolute atomic E-state index is 13.0. The van der Waals surface area contributed by atoms with Gasteiger partial charge < -0.3 is 10.3 Å². The summed E-state index contributed by atoms with van der Waals surface area (Å²) in [6.45, 7) is 6.00. The SMILES string of the molecule is CCn1c(=O)c(C(=O)CSc2nnc(C(C)C)n2C)c(N)n(Cc2ccccc2)c1=O. The Morgan fingerprint density at radius 1 is 1.13 bits per heavy atom. The lowest BCUT2D eigenvalue weighted by atomic mass is 10.2. The molecule has 2 heterocycles. The van der Waals surface area contributed by atoms with Crippen LogP contribution in [0.1, 0.15) is 48.4 Å². The van der Waals surface area contributed by atoms with Gasteiger partial charge in [0.1, 0.15) is 17.2 Å². The van der Waals surface area contributed by atoms with Gasteiger partial charge in [0, 0.05) is 19.5 Å². The second kappa shape index (κ2) is 9.34. The fourth-order valence-electron chi connectivity index (χ4n) is 3.33. The number of thioether (sulfide) groups is 1. The van der Waals surface area contributed by atoms with Crippen molar-refractivity contribution in [1.29, 1.82) is 0 Å². The molecule has 10 heteroatoms. The number of aromatic nitrogens is 5. The highest BCUT2D eigenvalue weighted by Gasteiger charge is 2.23. The number of rotatable bonds is 8. The van der Waals surface area contributed by atoms with Gasteiger partial charge in [0.05, 0.1) is 12.3 Å². The number of hydrogen-bond acceptors (Lipinski definition) is 7. The highest BCUT2D eigenvalue weighted by Crippen LogP contribution is 2.21. The molecule has 0 radical (unpaired) electrons. The molecule has 0 aliphatic heterocycles. The molecule has 9 nitrogen and oxygen atoms in total. The Bertz CT molecular complexity index is 1210. The number of anilines is 1. The Morgan fingerprint density at radius 3 is 2.39 bits per heavy atom. The van der Waals surface area contributed by atoms with Crippen LogP contribution in [-0.2, 0) is 20.1 Å². The van der Waals surface area contributed by atoms with E-state index in [2.05, 4.69) is 10.2 Å². The molecule has 0 unspecified atom stereocenters. The Hall–Kier alpha value is -3.14. The Balaban J connectivity index is 1.96. The molecule has 0 aliphatic carbocycles. The molecule has 0 aliphatic rings. The largest absolute Gasteiger partial charge is 0.384 e. The van der Waals surface area contributed by atoms with E-state index >= 15 is 0 Å². The third-order valence-corrected chi connectivity index (χ3v) is 5.98. The maximum Gasteiger partial charge on any atom is 0.332 e. The van der Waals surface area contributed by atoms with Crippen LogP contribution in [0.2, 0.25) is 0 Å². The normalized spacial score (nSPS) is 11.3. The van der Waals surface area contributed by atoms with Gasteiger partial charge in [-0.2, -0.15) is 0 Å². The molecular formula is C21H26N6O3S. The summed E-state index contributed by atoms with van der Waals surface area (Å²) < 4.78 is 4.14. The van der Waals surface area contributed by atoms with Gasteiger partial charge in [0.15, 0.2) is 10.9 Å². The molecule has 2 aromatic heterocycles. The summed E-state index contributed by atoms with van der Waals surface area (Å²) in [4.78, 5) is 38.7. The van der Waals surface area contributed by atoms with E-state index in [-0.39, 0.29) is 36.1 Å². The molecule has 0 saturated heterocycles. The van der Waals surface area contributed by atoms with Gasteiger partial charge in [-0.3, -0.25) is 18.7 Å². The first-order valence-electron chi connectivity index (χ1n) is 9.98. The van der Waals surface area contributed by atoms with Crippen molar-refractivity contribution in [3.63, 3.8) is 0 Å². The zero-order chi connectivity index (χ0) is 22.7. The molecule has 31 heavy (non-hydrogen) atoms. The standard InChI is InChI=1S/C21H26N6O3S/c1-5-26-19(29)16(15(28)12-31-20-24-23-18(13(2)3)25(20)4)17(22)27(21(26)30)11-14-9-7-6-8-10-14/h6-10,13H,5,11-12,22H2,1-4H3. The second-order valence-electron chi connectivity index (χ2n) is 7.43. The second-order valence-corrected chi connectivity index (χ2v) is 8.37. The lowest BCUT2D eigenvalue weighted by Crippen LogP contribution is -2.44. The molecule has 164 valence electrons. The van der Waals surface area contributed by atoms with Crippen LogP contribution in [0, 0.1) is 0 Å². The first kappa shape index (κ1) is 22.5. The van der Waals surface area contributed by atoms with Crippen molar-refractivity contribution in [2.75, 3.05) is 11.5 Å². The summed E-state index contributed by atoms with van der Waals surface area (Å²) in [5.41, 5.74) is 5.65. The summed E-state index contributed by atoms with van der Waals surface area (Å²) in [5.74, 6) is 0.382. The van der Waals surface area contributed by atoms with Crippen LogP contribution in [0.5, 0.6) is 0 Å². The molecule has 0 spiro atoms. The minimum Gasteiger partial charge on any atom is -0.384 e. The quantitative estimate of drug-likeness (QED) is 0.418. The lowest BCUT2D eigenvalue weighted by Gasteiger charge is -2.15. The number of nitrogens with zero attached hydrogens (tertiary/aromatic N) is 5. The van der Waals surface area contributed by atoms with Crippen molar-refractivity contribution >= 4 is 23.4 Å². The van der Waals surface area contributed by atoms with Crippen molar-refractivity contribution in [3.05, 3.63) is 68.1 Å². The summed E-state index contributed by atoms with van der Waals surface area (Å²) in [6, 6.07) is 9.27. The predicted molar refractivity (Wildman–Crippen MR) is 121 cm³/mol. The van der Waals surface area contributed by atoms with Crippen molar-refractivity contribution in [2.45, 2.75) is 44.9 Å². The first-order valence-corrected chi connectivity index (χ1v) is 11.0. The minimum absolute atomic E-state index is 0.0449. The van der Waals surface area contributed by atoms with Gasteiger partial charge in [-0.05, 0) is 12.5 Å². The van der Waals surface area contributed by atoms with Gasteiger partial charge in [-0.25, -0.2) is 4.79 Å². The molecule has 3 aromatic rings. The van der Waals surface area contributed by atoms with E-state index in [1.54, 1.807) is 6.92 Å². The van der Waals surface area contributed by atoms with Crippen LogP contribution in [0.3, 0.4) is 0 Å². The highest BCUT2D eigenvalue weighted by molar-refractivity contribution is 7.99. The fourth-order valence-corrected chi connectivity index (χ4v) is 4.12. The number of carbonyl (C=O) groups excluding carboxylic acids is 1. The minimum atomic E-state index is -0.666. The van der Waals surface area contributed by atoms with E-state index in [9.17, 15) is 14.4 Å². The molecule has 0 saturated carbocycles. The van der Waals surface area contributed by atoms with Crippen LogP contribution in [-0.4, -0.2) is 35.4 Å². The molecule has 0 bridgehead atoms. The number of Topliss-reactive ketones (excluding diaryl/α,β-unsaturated/α-hetero) is 1. The van der Waals surface area contributed by atoms with E-state index in [1.165, 1.54) is 16.3 Å². The lowest BCUT2D eigenvalue weighted by molar-refractivity contribution is 0.102. The molecule has 1 aromatic carbocycles. The van der Waals surface area contributed by atoms with E-state index in [0.29, 0.717) is 5.16 Å². The van der Waals surface area contributed by atoms with Gasteiger partial charge in [0.25, 0.3) is 5.56 Å². The molecular weight excluding hydrogens is 416 g/mol. The van der Waals surface area contributed by atoms with Crippen molar-refractivity contribution in [3.8, 4) is 0 Å². The number of ketones is 1. The smallest absolute Gasteiger partial charge is 0.332 e. The van der Waals surface area contributed by atoms with Crippen molar-refractivity contribution < 1.29 is 4.79 Å². The molecule has 2 N–H and O–H groups in total. The van der Waals surface area contributed by atoms with E-state index in [4.69, 9.17) is 5.73 Å². The number of hydrogen-bond donors (Lipinski definition) is 1. The highest BCUT2D eigenvalue weighted by atomic mass is 32.2. The van der Waals surface area contributed by atoms with Crippen LogP contribution >= 0.6 is 11.8 Å². The van der Waals surface area contributed by atoms with Crippen molar-refractivity contribution in [2.24, 2.45) is 7.05 Å². The van der Waals surface area contributed by atoms with Crippen LogP contribution in [0.25, 0.3) is 0 Å². The average Bonchev–Trinajstić information content (AvgIpc) is 3.11. The van der Waals surface area contributed by atoms with Gasteiger partial charge >= 0.3 is 5.69 Å². The monoisotopic (exact) mass is 442 g/mol. The van der Waals surface area contributed by atoms with E-state index in [1.807, 2.05) is 55.8 Å². The third-order valence-electron chi connectivity index (χ3n) is 4.96. The summed E-state index contributed by atoms with van der Waals surface area (Å²) >= 11 is 1.18. The van der Waals surface area contributed by atoms with Crippen LogP contribution in [0.15, 0.2) is 45.1 Å². The van der Waals surface area contributed by atoms with Crippen LogP contribution in [0.4, 0.5) is 5.82 Å². The third kappa shape index (κ3) is 4.48. The Kier molecular flexibility index (Phi) is 6.79. The average molecular weight is 443 g/mol. The predicted octanol–water partition coefficient (Wildman–Crippen LogP) is 1.89. The number of benzene rings is 1. The first-order chi connectivity index (χ1) is 14.8. The van der Waals surface area contributed by atoms with E-state index < -0.39 is 17.0 Å². The summed E-state index contributed by atoms with van der Waals surface area (Å²) in [6.07, 6.45) is 0. The molecule has 0 atom stereocenters. The number of carbonyl (C=O) groups is 1. The topological polar surface area (TPSA) is 118 Å². The zero-order valence-electron chi connectivity index (χ0n) is 18.0. The fraction of sp³-hybridized carbons (Fsp3) is 0.381. The molecule has 0 amide bonds. The van der Waals surface area contributed by atoms with Crippen molar-refractivity contribution in [1.82, 2.24) is 23.9 Å². The molecule has 3 rings (SSSR count). The maximum atomic E-state index is 13.0. The van der Waals surface area contributed by atoms with Gasteiger partial charge in [-0.15, -0.1) is 10.2 Å². The number of nitrogens with two attached hydrogens (primary N) is 1. The zero-order valence-corrected chi connectivity index (χ0v) is 18.8. The Labute approximate surface area is 183 Å². The summed E-state index contributed by atoms with van der Waals surface area (Å²) in [5, 5.41) is 8.84. The van der Waals surface area contributed by atoms with Crippen LogP contribution < -0.4 is 17.0 Å². The Morgan fingerprint density at radius 2 is 1.81 bits per heavy atom. The van der Waals surface area contributed by atoms with Gasteiger partial charge in [-0.1, -0.05) is 55.9 Å². The van der Waals surface area contributed by atoms with E-state index in [0.717, 1.165) is 16.0 Å². The summed E-state index contributed by atoms with van der Waals surface area (Å²) in [7, 11) is 1.83. The van der Waals surface area contributed by atoms with Gasteiger partial charge in [0.2, 0.25) is 0 Å². The number of nitrogen functional groups attached to an aromatic ring is 1.